The third-order valence-corrected chi connectivity index (χ3v) is 3.82. The Bertz CT molecular complexity index is 622. The zero-order valence-electron chi connectivity index (χ0n) is 10.7. The van der Waals surface area contributed by atoms with Gasteiger partial charge in [-0.05, 0) is 33.6 Å². The SMILES string of the molecule is COc1cccc(C(NN)c2cccc(F)c2Br)c1F. The molecule has 6 heteroatoms. The summed E-state index contributed by atoms with van der Waals surface area (Å²) < 4.78 is 33.1. The summed E-state index contributed by atoms with van der Waals surface area (Å²) in [6.07, 6.45) is 0. The zero-order chi connectivity index (χ0) is 14.7. The number of nitrogens with two attached hydrogens (primary N) is 1. The normalized spacial score (nSPS) is 12.2. The maximum absolute atomic E-state index is 14.3. The maximum atomic E-state index is 14.3. The Balaban J connectivity index is 2.56. The fraction of sp³-hybridized carbons (Fsp3) is 0.143. The third-order valence-electron chi connectivity index (χ3n) is 2.98. The van der Waals surface area contributed by atoms with Crippen LogP contribution in [-0.4, -0.2) is 7.11 Å². The van der Waals surface area contributed by atoms with E-state index >= 15 is 0 Å². The molecule has 20 heavy (non-hydrogen) atoms. The topological polar surface area (TPSA) is 47.3 Å². The average molecular weight is 343 g/mol. The molecule has 0 aromatic heterocycles. The van der Waals surface area contributed by atoms with E-state index in [0.29, 0.717) is 5.56 Å². The number of hydrogen-bond donors (Lipinski definition) is 2. The minimum absolute atomic E-state index is 0.107. The standard InChI is InChI=1S/C14H13BrF2N2O/c1-20-11-7-3-5-9(13(11)17)14(19-18)8-4-2-6-10(16)12(8)15/h2-7,14,19H,18H2,1H3. The molecular weight excluding hydrogens is 330 g/mol. The molecule has 106 valence electrons. The minimum atomic E-state index is -0.699. The molecule has 0 amide bonds. The Kier molecular flexibility index (Phi) is 4.69. The molecule has 2 rings (SSSR count). The van der Waals surface area contributed by atoms with Gasteiger partial charge in [0.1, 0.15) is 5.82 Å². The molecule has 1 unspecified atom stereocenters. The predicted molar refractivity (Wildman–Crippen MR) is 76.2 cm³/mol. The van der Waals surface area contributed by atoms with Crippen LogP contribution in [0.3, 0.4) is 0 Å². The quantitative estimate of drug-likeness (QED) is 0.662. The van der Waals surface area contributed by atoms with Gasteiger partial charge >= 0.3 is 0 Å². The van der Waals surface area contributed by atoms with Gasteiger partial charge in [-0.25, -0.2) is 14.2 Å². The van der Waals surface area contributed by atoms with Gasteiger partial charge in [0.15, 0.2) is 11.6 Å². The van der Waals surface area contributed by atoms with Crippen molar-refractivity contribution in [2.24, 2.45) is 5.84 Å². The van der Waals surface area contributed by atoms with Crippen LogP contribution in [-0.2, 0) is 0 Å². The fourth-order valence-corrected chi connectivity index (χ4v) is 2.49. The molecule has 0 aliphatic rings. The Hall–Kier alpha value is -1.50. The van der Waals surface area contributed by atoms with Crippen LogP contribution in [0.4, 0.5) is 8.78 Å². The minimum Gasteiger partial charge on any atom is -0.494 e. The second-order valence-corrected chi connectivity index (χ2v) is 4.90. The van der Waals surface area contributed by atoms with Crippen LogP contribution in [0.25, 0.3) is 0 Å². The lowest BCUT2D eigenvalue weighted by atomic mass is 9.98. The molecule has 0 radical (unpaired) electrons. The van der Waals surface area contributed by atoms with Gasteiger partial charge in [-0.2, -0.15) is 0 Å². The van der Waals surface area contributed by atoms with Crippen LogP contribution in [0.2, 0.25) is 0 Å². The number of hydrogen-bond acceptors (Lipinski definition) is 3. The first-order valence-electron chi connectivity index (χ1n) is 5.82. The molecule has 0 fully saturated rings. The van der Waals surface area contributed by atoms with Gasteiger partial charge in [0.05, 0.1) is 17.6 Å². The molecule has 2 aromatic carbocycles. The molecule has 3 nitrogen and oxygen atoms in total. The Morgan fingerprint density at radius 3 is 2.45 bits per heavy atom. The monoisotopic (exact) mass is 342 g/mol. The third kappa shape index (κ3) is 2.67. The molecule has 0 aliphatic carbocycles. The highest BCUT2D eigenvalue weighted by molar-refractivity contribution is 9.10. The predicted octanol–water partition coefficient (Wildman–Crippen LogP) is 3.29. The van der Waals surface area contributed by atoms with Crippen LogP contribution in [0, 0.1) is 11.6 Å². The van der Waals surface area contributed by atoms with Crippen LogP contribution in [0.15, 0.2) is 40.9 Å². The van der Waals surface area contributed by atoms with E-state index in [-0.39, 0.29) is 15.8 Å². The summed E-state index contributed by atoms with van der Waals surface area (Å²) in [6.45, 7) is 0. The largest absolute Gasteiger partial charge is 0.494 e. The highest BCUT2D eigenvalue weighted by atomic mass is 79.9. The van der Waals surface area contributed by atoms with Crippen LogP contribution < -0.4 is 16.0 Å². The summed E-state index contributed by atoms with van der Waals surface area (Å²) in [6, 6.07) is 8.54. The summed E-state index contributed by atoms with van der Waals surface area (Å²) in [4.78, 5) is 0. The van der Waals surface area contributed by atoms with Gasteiger partial charge in [-0.3, -0.25) is 5.84 Å². The van der Waals surface area contributed by atoms with E-state index < -0.39 is 17.7 Å². The van der Waals surface area contributed by atoms with E-state index in [0.717, 1.165) is 0 Å². The lowest BCUT2D eigenvalue weighted by Crippen LogP contribution is -2.30. The first-order valence-corrected chi connectivity index (χ1v) is 6.62. The number of nitrogens with one attached hydrogen (secondary N) is 1. The summed E-state index contributed by atoms with van der Waals surface area (Å²) in [7, 11) is 1.38. The number of benzene rings is 2. The molecule has 0 aliphatic heterocycles. The van der Waals surface area contributed by atoms with Gasteiger partial charge in [0, 0.05) is 5.56 Å². The zero-order valence-corrected chi connectivity index (χ0v) is 12.2. The number of hydrazine groups is 1. The highest BCUT2D eigenvalue weighted by Gasteiger charge is 2.22. The van der Waals surface area contributed by atoms with Crippen LogP contribution in [0.1, 0.15) is 17.2 Å². The van der Waals surface area contributed by atoms with Crippen LogP contribution in [0.5, 0.6) is 5.75 Å². The lowest BCUT2D eigenvalue weighted by molar-refractivity contribution is 0.381. The smallest absolute Gasteiger partial charge is 0.170 e. The van der Waals surface area contributed by atoms with E-state index in [1.54, 1.807) is 18.2 Å². The molecule has 1 atom stereocenters. The summed E-state index contributed by atoms with van der Waals surface area (Å²) in [5, 5.41) is 0. The summed E-state index contributed by atoms with van der Waals surface area (Å²) in [5.41, 5.74) is 3.28. The molecular formula is C14H13BrF2N2O. The fourth-order valence-electron chi connectivity index (χ4n) is 2.00. The lowest BCUT2D eigenvalue weighted by Gasteiger charge is -2.20. The molecule has 2 aromatic rings. The molecule has 3 N–H and O–H groups in total. The van der Waals surface area contributed by atoms with Crippen molar-refractivity contribution < 1.29 is 13.5 Å². The van der Waals surface area contributed by atoms with Gasteiger partial charge in [-0.15, -0.1) is 0 Å². The number of halogens is 3. The number of rotatable bonds is 4. The number of methoxy groups -OCH3 is 1. The van der Waals surface area contributed by atoms with E-state index in [2.05, 4.69) is 21.4 Å². The van der Waals surface area contributed by atoms with Crippen molar-refractivity contribution in [1.82, 2.24) is 5.43 Å². The average Bonchev–Trinajstić information content (AvgIpc) is 2.46. The molecule has 0 saturated heterocycles. The van der Waals surface area contributed by atoms with Crippen molar-refractivity contribution in [3.63, 3.8) is 0 Å². The van der Waals surface area contributed by atoms with Crippen molar-refractivity contribution in [1.29, 1.82) is 0 Å². The van der Waals surface area contributed by atoms with E-state index in [1.165, 1.54) is 25.3 Å². The number of ether oxygens (including phenoxy) is 1. The first kappa shape index (κ1) is 14.9. The molecule has 0 saturated carbocycles. The second-order valence-electron chi connectivity index (χ2n) is 4.11. The van der Waals surface area contributed by atoms with Crippen molar-refractivity contribution >= 4 is 15.9 Å². The maximum Gasteiger partial charge on any atom is 0.170 e. The van der Waals surface area contributed by atoms with Crippen molar-refractivity contribution in [3.8, 4) is 5.75 Å². The summed E-state index contributed by atoms with van der Waals surface area (Å²) in [5.74, 6) is 4.65. The molecule has 0 spiro atoms. The molecule has 0 heterocycles. The van der Waals surface area contributed by atoms with Crippen molar-refractivity contribution in [2.45, 2.75) is 6.04 Å². The van der Waals surface area contributed by atoms with Gasteiger partial charge in [0.25, 0.3) is 0 Å². The van der Waals surface area contributed by atoms with Crippen LogP contribution >= 0.6 is 15.9 Å². The van der Waals surface area contributed by atoms with Crippen molar-refractivity contribution in [3.05, 3.63) is 63.6 Å². The highest BCUT2D eigenvalue weighted by Crippen LogP contribution is 2.33. The van der Waals surface area contributed by atoms with E-state index in [4.69, 9.17) is 10.6 Å². The van der Waals surface area contributed by atoms with E-state index in [9.17, 15) is 8.78 Å². The molecule has 0 bridgehead atoms. The summed E-state index contributed by atoms with van der Waals surface area (Å²) >= 11 is 3.15. The van der Waals surface area contributed by atoms with Gasteiger partial charge in [0.2, 0.25) is 0 Å². The van der Waals surface area contributed by atoms with E-state index in [1.807, 2.05) is 0 Å². The Morgan fingerprint density at radius 1 is 1.15 bits per heavy atom. The van der Waals surface area contributed by atoms with Crippen molar-refractivity contribution in [2.75, 3.05) is 7.11 Å². The second kappa shape index (κ2) is 6.30. The van der Waals surface area contributed by atoms with Gasteiger partial charge in [-0.1, -0.05) is 24.3 Å². The first-order chi connectivity index (χ1) is 9.60. The van der Waals surface area contributed by atoms with Gasteiger partial charge < -0.3 is 4.74 Å². The Labute approximate surface area is 123 Å². The Morgan fingerprint density at radius 2 is 1.80 bits per heavy atom.